The Bertz CT molecular complexity index is 1000. The lowest BCUT2D eigenvalue weighted by atomic mass is 9.92. The molecule has 39 heavy (non-hydrogen) atoms. The molecule has 0 aliphatic heterocycles. The van der Waals surface area contributed by atoms with Crippen LogP contribution in [0, 0.1) is 22.7 Å². The van der Waals surface area contributed by atoms with Crippen molar-refractivity contribution in [3.8, 4) is 11.5 Å². The molecule has 0 aliphatic rings. The molecule has 1 rings (SSSR count). The summed E-state index contributed by atoms with van der Waals surface area (Å²) in [6.07, 6.45) is -0.177. The number of nitrogens with one attached hydrogen (secondary N) is 1. The van der Waals surface area contributed by atoms with Gasteiger partial charge in [0.15, 0.2) is 11.5 Å². The second-order valence-corrected chi connectivity index (χ2v) is 13.0. The lowest BCUT2D eigenvalue weighted by Gasteiger charge is -2.22. The zero-order chi connectivity index (χ0) is 30.1. The van der Waals surface area contributed by atoms with Crippen LogP contribution in [0.5, 0.6) is 11.5 Å². The largest absolute Gasteiger partial charge is 0.480 e. The summed E-state index contributed by atoms with van der Waals surface area (Å²) in [5.41, 5.74) is -0.0516. The van der Waals surface area contributed by atoms with E-state index in [4.69, 9.17) is 14.2 Å². The summed E-state index contributed by atoms with van der Waals surface area (Å²) in [6.45, 7) is 18.9. The van der Waals surface area contributed by atoms with Crippen molar-refractivity contribution >= 4 is 23.9 Å². The standard InChI is InChI=1S/C30H47NO8/c1-18(2)20(4)28(36)37-19(3)17-31-22(27(34)35)13-21-11-12-23(38-25(32)15-29(5,6)7)24(14-21)39-26(33)16-30(8,9)10/h11-12,14,18-20,22,31H,13,15-17H2,1-10H3,(H,34,35)/t19?,20?,22-/m0/s1. The molecular weight excluding hydrogens is 502 g/mol. The van der Waals surface area contributed by atoms with Crippen molar-refractivity contribution in [2.45, 2.75) is 101 Å². The van der Waals surface area contributed by atoms with Crippen LogP contribution < -0.4 is 14.8 Å². The first-order valence-corrected chi connectivity index (χ1v) is 13.5. The van der Waals surface area contributed by atoms with Gasteiger partial charge in [-0.2, -0.15) is 0 Å². The van der Waals surface area contributed by atoms with Gasteiger partial charge in [0.05, 0.1) is 18.8 Å². The molecule has 0 spiro atoms. The third-order valence-electron chi connectivity index (χ3n) is 5.88. The maximum atomic E-state index is 12.6. The number of rotatable bonds is 13. The van der Waals surface area contributed by atoms with E-state index in [1.54, 1.807) is 19.9 Å². The summed E-state index contributed by atoms with van der Waals surface area (Å²) in [5.74, 6) is -2.37. The van der Waals surface area contributed by atoms with Crippen molar-refractivity contribution < 1.29 is 38.5 Å². The van der Waals surface area contributed by atoms with Crippen LogP contribution >= 0.6 is 0 Å². The average molecular weight is 550 g/mol. The van der Waals surface area contributed by atoms with E-state index in [9.17, 15) is 24.3 Å². The predicted molar refractivity (Wildman–Crippen MR) is 149 cm³/mol. The van der Waals surface area contributed by atoms with Crippen LogP contribution in [0.4, 0.5) is 0 Å². The van der Waals surface area contributed by atoms with Crippen molar-refractivity contribution in [3.05, 3.63) is 23.8 Å². The van der Waals surface area contributed by atoms with E-state index in [2.05, 4.69) is 5.32 Å². The monoisotopic (exact) mass is 549 g/mol. The van der Waals surface area contributed by atoms with Crippen molar-refractivity contribution in [2.24, 2.45) is 22.7 Å². The minimum atomic E-state index is -1.09. The smallest absolute Gasteiger partial charge is 0.321 e. The molecule has 1 aromatic carbocycles. The minimum absolute atomic E-state index is 0.0538. The molecule has 0 fully saturated rings. The Hall–Kier alpha value is -2.94. The molecule has 0 amide bonds. The second kappa shape index (κ2) is 14.4. The number of carbonyl (C=O) groups is 4. The van der Waals surface area contributed by atoms with Gasteiger partial charge in [0.2, 0.25) is 0 Å². The van der Waals surface area contributed by atoms with E-state index in [0.717, 1.165) is 0 Å². The maximum Gasteiger partial charge on any atom is 0.321 e. The van der Waals surface area contributed by atoms with Gasteiger partial charge in [0, 0.05) is 6.54 Å². The highest BCUT2D eigenvalue weighted by atomic mass is 16.6. The van der Waals surface area contributed by atoms with Crippen LogP contribution in [0.3, 0.4) is 0 Å². The number of carbonyl (C=O) groups excluding carboxylic acids is 3. The fourth-order valence-corrected chi connectivity index (χ4v) is 3.44. The van der Waals surface area contributed by atoms with E-state index in [-0.39, 0.29) is 65.9 Å². The Morgan fingerprint density at radius 1 is 0.846 bits per heavy atom. The number of aliphatic carboxylic acids is 1. The van der Waals surface area contributed by atoms with Crippen molar-refractivity contribution in [3.63, 3.8) is 0 Å². The normalized spacial score (nSPS) is 14.3. The Labute approximate surface area is 233 Å². The number of ether oxygens (including phenoxy) is 3. The van der Waals surface area contributed by atoms with Gasteiger partial charge < -0.3 is 24.6 Å². The number of hydrogen-bond acceptors (Lipinski definition) is 8. The van der Waals surface area contributed by atoms with E-state index >= 15 is 0 Å². The predicted octanol–water partition coefficient (Wildman–Crippen LogP) is 5.18. The Morgan fingerprint density at radius 2 is 1.36 bits per heavy atom. The fourth-order valence-electron chi connectivity index (χ4n) is 3.44. The highest BCUT2D eigenvalue weighted by Crippen LogP contribution is 2.32. The molecule has 0 aliphatic carbocycles. The Morgan fingerprint density at radius 3 is 1.82 bits per heavy atom. The summed E-state index contributed by atoms with van der Waals surface area (Å²) >= 11 is 0. The van der Waals surface area contributed by atoms with Gasteiger partial charge in [-0.15, -0.1) is 0 Å². The molecule has 2 unspecified atom stereocenters. The maximum absolute atomic E-state index is 12.6. The van der Waals surface area contributed by atoms with Gasteiger partial charge in [0.25, 0.3) is 0 Å². The lowest BCUT2D eigenvalue weighted by molar-refractivity contribution is -0.154. The zero-order valence-electron chi connectivity index (χ0n) is 25.2. The molecule has 0 bridgehead atoms. The highest BCUT2D eigenvalue weighted by Gasteiger charge is 2.25. The number of esters is 3. The minimum Gasteiger partial charge on any atom is -0.480 e. The van der Waals surface area contributed by atoms with Crippen LogP contribution in [-0.2, 0) is 30.3 Å². The van der Waals surface area contributed by atoms with Crippen LogP contribution in [-0.4, -0.2) is 47.7 Å². The molecule has 0 saturated heterocycles. The van der Waals surface area contributed by atoms with Gasteiger partial charge in [-0.05, 0) is 47.8 Å². The van der Waals surface area contributed by atoms with Crippen molar-refractivity contribution in [2.75, 3.05) is 6.54 Å². The molecule has 0 radical (unpaired) electrons. The number of benzene rings is 1. The summed E-state index contributed by atoms with van der Waals surface area (Å²) in [6, 6.07) is 3.66. The average Bonchev–Trinajstić information content (AvgIpc) is 2.74. The molecular formula is C30H47NO8. The molecule has 9 nitrogen and oxygen atoms in total. The topological polar surface area (TPSA) is 128 Å². The molecule has 1 aromatic rings. The van der Waals surface area contributed by atoms with E-state index in [1.807, 2.05) is 55.4 Å². The molecule has 0 saturated carbocycles. The Kier molecular flexibility index (Phi) is 12.6. The van der Waals surface area contributed by atoms with Crippen LogP contribution in [0.25, 0.3) is 0 Å². The third kappa shape index (κ3) is 13.6. The summed E-state index contributed by atoms with van der Waals surface area (Å²) in [7, 11) is 0. The second-order valence-electron chi connectivity index (χ2n) is 13.0. The van der Waals surface area contributed by atoms with E-state index < -0.39 is 30.1 Å². The van der Waals surface area contributed by atoms with E-state index in [1.165, 1.54) is 12.1 Å². The van der Waals surface area contributed by atoms with Crippen LogP contribution in [0.2, 0.25) is 0 Å². The zero-order valence-corrected chi connectivity index (χ0v) is 25.2. The molecule has 3 atom stereocenters. The highest BCUT2D eigenvalue weighted by molar-refractivity contribution is 5.77. The molecule has 0 heterocycles. The number of hydrogen-bond donors (Lipinski definition) is 2. The first-order chi connectivity index (χ1) is 17.8. The molecule has 2 N–H and O–H groups in total. The lowest BCUT2D eigenvalue weighted by Crippen LogP contribution is -2.43. The summed E-state index contributed by atoms with van der Waals surface area (Å²) in [4.78, 5) is 49.2. The number of carboxylic acids is 1. The van der Waals surface area contributed by atoms with Gasteiger partial charge >= 0.3 is 23.9 Å². The van der Waals surface area contributed by atoms with Crippen LogP contribution in [0.15, 0.2) is 18.2 Å². The first-order valence-electron chi connectivity index (χ1n) is 13.5. The third-order valence-corrected chi connectivity index (χ3v) is 5.88. The fraction of sp³-hybridized carbons (Fsp3) is 0.667. The summed E-state index contributed by atoms with van der Waals surface area (Å²) < 4.78 is 16.5. The molecule has 9 heteroatoms. The summed E-state index contributed by atoms with van der Waals surface area (Å²) in [5, 5.41) is 12.7. The van der Waals surface area contributed by atoms with Gasteiger partial charge in [-0.25, -0.2) is 0 Å². The molecule has 0 aromatic heterocycles. The van der Waals surface area contributed by atoms with Crippen molar-refractivity contribution in [1.29, 1.82) is 0 Å². The van der Waals surface area contributed by atoms with Crippen molar-refractivity contribution in [1.82, 2.24) is 5.32 Å². The van der Waals surface area contributed by atoms with Gasteiger partial charge in [-0.1, -0.05) is 68.4 Å². The number of carboxylic acid groups (broad SMARTS) is 1. The van der Waals surface area contributed by atoms with E-state index in [0.29, 0.717) is 5.56 Å². The first kappa shape index (κ1) is 34.1. The SMILES string of the molecule is CC(CN[C@@H](Cc1ccc(OC(=O)CC(C)(C)C)c(OC(=O)CC(C)(C)C)c1)C(=O)O)OC(=O)C(C)C(C)C. The molecule has 220 valence electrons. The van der Waals surface area contributed by atoms with Gasteiger partial charge in [-0.3, -0.25) is 19.2 Å². The van der Waals surface area contributed by atoms with Gasteiger partial charge in [0.1, 0.15) is 12.1 Å². The quantitative estimate of drug-likeness (QED) is 0.253. The Balaban J connectivity index is 3.07. The van der Waals surface area contributed by atoms with Crippen LogP contribution in [0.1, 0.15) is 87.6 Å².